The number of imide groups is 1. The van der Waals surface area contributed by atoms with E-state index in [-0.39, 0.29) is 36.1 Å². The first-order valence-electron chi connectivity index (χ1n) is 10.5. The van der Waals surface area contributed by atoms with Crippen LogP contribution < -0.4 is 10.2 Å². The van der Waals surface area contributed by atoms with Crippen molar-refractivity contribution >= 4 is 29.1 Å². The fraction of sp³-hybridized carbons (Fsp3) is 0.375. The van der Waals surface area contributed by atoms with Crippen molar-refractivity contribution in [3.8, 4) is 0 Å². The van der Waals surface area contributed by atoms with E-state index in [0.29, 0.717) is 5.69 Å². The van der Waals surface area contributed by atoms with E-state index in [1.54, 1.807) is 0 Å². The average Bonchev–Trinajstić information content (AvgIpc) is 3.00. The molecule has 1 N–H and O–H groups in total. The topological polar surface area (TPSA) is 69.7 Å². The van der Waals surface area contributed by atoms with Gasteiger partial charge in [0.1, 0.15) is 6.54 Å². The molecule has 156 valence electrons. The Kier molecular flexibility index (Phi) is 5.84. The molecule has 1 heterocycles. The maximum absolute atomic E-state index is 12.5. The number of nitrogens with one attached hydrogen (secondary N) is 1. The molecule has 0 spiro atoms. The van der Waals surface area contributed by atoms with Crippen molar-refractivity contribution in [2.75, 3.05) is 23.8 Å². The molecule has 2 atom stereocenters. The van der Waals surface area contributed by atoms with Crippen LogP contribution in [0.1, 0.15) is 31.2 Å². The van der Waals surface area contributed by atoms with Crippen molar-refractivity contribution in [3.05, 3.63) is 60.2 Å². The molecular formula is C24H27N3O3. The van der Waals surface area contributed by atoms with Crippen LogP contribution in [0, 0.1) is 11.8 Å². The second-order valence-electron chi connectivity index (χ2n) is 8.20. The molecule has 2 aliphatic rings. The van der Waals surface area contributed by atoms with Gasteiger partial charge in [-0.25, -0.2) is 0 Å². The van der Waals surface area contributed by atoms with Crippen molar-refractivity contribution in [2.24, 2.45) is 11.8 Å². The molecule has 0 bridgehead atoms. The van der Waals surface area contributed by atoms with Gasteiger partial charge in [0.2, 0.25) is 17.7 Å². The fourth-order valence-electron chi connectivity index (χ4n) is 4.48. The Bertz CT molecular complexity index is 902. The minimum absolute atomic E-state index is 0.183. The van der Waals surface area contributed by atoms with E-state index in [2.05, 4.69) is 22.3 Å². The van der Waals surface area contributed by atoms with Gasteiger partial charge in [0.05, 0.1) is 11.8 Å². The lowest BCUT2D eigenvalue weighted by Crippen LogP contribution is -2.38. The van der Waals surface area contributed by atoms with Crippen LogP contribution >= 0.6 is 0 Å². The average molecular weight is 405 g/mol. The highest BCUT2D eigenvalue weighted by molar-refractivity contribution is 6.08. The van der Waals surface area contributed by atoms with Gasteiger partial charge in [0, 0.05) is 25.0 Å². The number of likely N-dealkylation sites (tertiary alicyclic amines) is 1. The molecule has 0 aromatic heterocycles. The van der Waals surface area contributed by atoms with E-state index in [9.17, 15) is 14.4 Å². The monoisotopic (exact) mass is 405 g/mol. The molecule has 1 aliphatic heterocycles. The third kappa shape index (κ3) is 4.22. The number of anilines is 2. The fourth-order valence-corrected chi connectivity index (χ4v) is 4.48. The number of nitrogens with zero attached hydrogens (tertiary/aromatic N) is 2. The third-order valence-corrected chi connectivity index (χ3v) is 6.09. The van der Waals surface area contributed by atoms with E-state index in [4.69, 9.17) is 0 Å². The maximum Gasteiger partial charge on any atom is 0.244 e. The number of hydrogen-bond acceptors (Lipinski definition) is 4. The Morgan fingerprint density at radius 2 is 1.57 bits per heavy atom. The van der Waals surface area contributed by atoms with Gasteiger partial charge >= 0.3 is 0 Å². The maximum atomic E-state index is 12.5. The minimum atomic E-state index is -0.347. The van der Waals surface area contributed by atoms with E-state index in [1.165, 1.54) is 5.56 Å². The molecule has 1 saturated carbocycles. The first-order chi connectivity index (χ1) is 14.5. The van der Waals surface area contributed by atoms with Crippen LogP contribution in [-0.4, -0.2) is 36.2 Å². The van der Waals surface area contributed by atoms with Crippen LogP contribution in [0.2, 0.25) is 0 Å². The molecular weight excluding hydrogens is 378 g/mol. The lowest BCUT2D eigenvalue weighted by Gasteiger charge is -2.20. The minimum Gasteiger partial charge on any atom is -0.370 e. The molecule has 2 aromatic rings. The number of amides is 3. The zero-order chi connectivity index (χ0) is 21.1. The van der Waals surface area contributed by atoms with E-state index < -0.39 is 0 Å². The summed E-state index contributed by atoms with van der Waals surface area (Å²) in [4.78, 5) is 40.8. The lowest BCUT2D eigenvalue weighted by atomic mass is 9.81. The van der Waals surface area contributed by atoms with Crippen molar-refractivity contribution in [1.29, 1.82) is 0 Å². The predicted octanol–water partition coefficient (Wildman–Crippen LogP) is 3.44. The Morgan fingerprint density at radius 3 is 2.17 bits per heavy atom. The standard InChI is InChI=1S/C24H27N3O3/c1-26(15-17-7-3-2-4-8-17)19-13-11-18(12-14-19)25-22(28)16-27-23(29)20-9-5-6-10-21(20)24(27)30/h2-4,7-8,11-14,20-21H,5-6,9-10,15-16H2,1H3,(H,25,28). The summed E-state index contributed by atoms with van der Waals surface area (Å²) in [6.45, 7) is 0.578. The van der Waals surface area contributed by atoms with Crippen molar-refractivity contribution in [1.82, 2.24) is 4.90 Å². The van der Waals surface area contributed by atoms with E-state index in [1.807, 2.05) is 49.5 Å². The number of carbonyl (C=O) groups excluding carboxylic acids is 3. The normalized spacial score (nSPS) is 20.8. The second kappa shape index (κ2) is 8.69. The number of carbonyl (C=O) groups is 3. The summed E-state index contributed by atoms with van der Waals surface area (Å²) in [5.74, 6) is -1.16. The summed E-state index contributed by atoms with van der Waals surface area (Å²) >= 11 is 0. The molecule has 4 rings (SSSR count). The molecule has 2 aromatic carbocycles. The number of rotatable bonds is 6. The molecule has 6 heteroatoms. The molecule has 3 amide bonds. The van der Waals surface area contributed by atoms with E-state index in [0.717, 1.165) is 42.8 Å². The van der Waals surface area contributed by atoms with Gasteiger partial charge in [-0.3, -0.25) is 19.3 Å². The van der Waals surface area contributed by atoms with Crippen LogP contribution in [0.15, 0.2) is 54.6 Å². The highest BCUT2D eigenvalue weighted by Gasteiger charge is 2.48. The van der Waals surface area contributed by atoms with Crippen LogP contribution in [-0.2, 0) is 20.9 Å². The van der Waals surface area contributed by atoms with Gasteiger partial charge in [0.25, 0.3) is 0 Å². The second-order valence-corrected chi connectivity index (χ2v) is 8.20. The van der Waals surface area contributed by atoms with Crippen LogP contribution in [0.5, 0.6) is 0 Å². The summed E-state index contributed by atoms with van der Waals surface area (Å²) in [5, 5.41) is 2.80. The molecule has 1 saturated heterocycles. The quantitative estimate of drug-likeness (QED) is 0.748. The Morgan fingerprint density at radius 1 is 0.967 bits per heavy atom. The first-order valence-corrected chi connectivity index (χ1v) is 10.5. The Hall–Kier alpha value is -3.15. The molecule has 1 aliphatic carbocycles. The van der Waals surface area contributed by atoms with E-state index >= 15 is 0 Å². The Balaban J connectivity index is 1.33. The number of benzene rings is 2. The van der Waals surface area contributed by atoms with Crippen molar-refractivity contribution in [2.45, 2.75) is 32.2 Å². The van der Waals surface area contributed by atoms with Gasteiger partial charge < -0.3 is 10.2 Å². The van der Waals surface area contributed by atoms with Crippen molar-refractivity contribution < 1.29 is 14.4 Å². The molecule has 0 radical (unpaired) electrons. The van der Waals surface area contributed by atoms with Gasteiger partial charge in [-0.1, -0.05) is 43.2 Å². The number of hydrogen-bond donors (Lipinski definition) is 1. The lowest BCUT2D eigenvalue weighted by molar-refractivity contribution is -0.142. The molecule has 2 fully saturated rings. The highest BCUT2D eigenvalue weighted by atomic mass is 16.2. The third-order valence-electron chi connectivity index (χ3n) is 6.09. The largest absolute Gasteiger partial charge is 0.370 e. The zero-order valence-electron chi connectivity index (χ0n) is 17.2. The molecule has 6 nitrogen and oxygen atoms in total. The SMILES string of the molecule is CN(Cc1ccccc1)c1ccc(NC(=O)CN2C(=O)C3CCCCC3C2=O)cc1. The van der Waals surface area contributed by atoms with Gasteiger partial charge in [-0.2, -0.15) is 0 Å². The van der Waals surface area contributed by atoms with Crippen molar-refractivity contribution in [3.63, 3.8) is 0 Å². The summed E-state index contributed by atoms with van der Waals surface area (Å²) < 4.78 is 0. The summed E-state index contributed by atoms with van der Waals surface area (Å²) in [5.41, 5.74) is 2.90. The first kappa shape index (κ1) is 20.1. The van der Waals surface area contributed by atoms with Crippen LogP contribution in [0.4, 0.5) is 11.4 Å². The summed E-state index contributed by atoms with van der Waals surface area (Å²) in [7, 11) is 2.02. The zero-order valence-corrected chi connectivity index (χ0v) is 17.2. The summed E-state index contributed by atoms with van der Waals surface area (Å²) in [6, 6.07) is 17.8. The van der Waals surface area contributed by atoms with Gasteiger partial charge in [-0.05, 0) is 42.7 Å². The Labute approximate surface area is 176 Å². The molecule has 2 unspecified atom stereocenters. The summed E-state index contributed by atoms with van der Waals surface area (Å²) in [6.07, 6.45) is 3.47. The van der Waals surface area contributed by atoms with Crippen LogP contribution in [0.25, 0.3) is 0 Å². The van der Waals surface area contributed by atoms with Gasteiger partial charge in [0.15, 0.2) is 0 Å². The number of fused-ring (bicyclic) bond motifs is 1. The van der Waals surface area contributed by atoms with Gasteiger partial charge in [-0.15, -0.1) is 0 Å². The van der Waals surface area contributed by atoms with Crippen LogP contribution in [0.3, 0.4) is 0 Å². The smallest absolute Gasteiger partial charge is 0.244 e. The predicted molar refractivity (Wildman–Crippen MR) is 116 cm³/mol. The highest BCUT2D eigenvalue weighted by Crippen LogP contribution is 2.37. The molecule has 30 heavy (non-hydrogen) atoms.